The van der Waals surface area contributed by atoms with E-state index in [9.17, 15) is 4.21 Å². The Morgan fingerprint density at radius 2 is 1.92 bits per heavy atom. The van der Waals surface area contributed by atoms with Gasteiger partial charge >= 0.3 is 0 Å². The Morgan fingerprint density at radius 1 is 1.08 bits per heavy atom. The van der Waals surface area contributed by atoms with E-state index in [4.69, 9.17) is 4.74 Å². The molecule has 6 heteroatoms. The van der Waals surface area contributed by atoms with Crippen LogP contribution in [0.5, 0.6) is 0 Å². The van der Waals surface area contributed by atoms with Crippen LogP contribution >= 0.6 is 0 Å². The van der Waals surface area contributed by atoms with E-state index < -0.39 is 11.0 Å². The van der Waals surface area contributed by atoms with E-state index in [2.05, 4.69) is 26.7 Å². The molecule has 0 spiro atoms. The molecule has 1 unspecified atom stereocenters. The van der Waals surface area contributed by atoms with E-state index in [-0.39, 0.29) is 0 Å². The van der Waals surface area contributed by atoms with E-state index >= 15 is 0 Å². The molecule has 0 radical (unpaired) electrons. The van der Waals surface area contributed by atoms with Gasteiger partial charge in [0, 0.05) is 41.5 Å². The van der Waals surface area contributed by atoms with Crippen LogP contribution in [0.15, 0.2) is 53.6 Å². The van der Waals surface area contributed by atoms with Crippen molar-refractivity contribution in [2.24, 2.45) is 0 Å². The molecule has 0 amide bonds. The molecule has 5 rings (SSSR count). The summed E-state index contributed by atoms with van der Waals surface area (Å²) < 4.78 is 21.3. The molecule has 2 aliphatic rings. The predicted molar refractivity (Wildman–Crippen MR) is 100 cm³/mol. The van der Waals surface area contributed by atoms with Crippen LogP contribution in [0.2, 0.25) is 0 Å². The average molecular weight is 351 g/mol. The standard InChI is InChI=1S/C19H17N3O2S/c23-25-17-6-2-1-4-13(17)15-12-16(22-8-10-24-11-9-22)14-5-3-7-20-18(14)19(15)21-25/h1-7,12,21H,8-11H2. The molecule has 5 nitrogen and oxygen atoms in total. The molecular formula is C19H17N3O2S. The van der Waals surface area contributed by atoms with Crippen LogP contribution in [0.4, 0.5) is 11.4 Å². The van der Waals surface area contributed by atoms with E-state index in [1.165, 1.54) is 0 Å². The lowest BCUT2D eigenvalue weighted by Gasteiger charge is -2.32. The molecule has 1 atom stereocenters. The largest absolute Gasteiger partial charge is 0.378 e. The summed E-state index contributed by atoms with van der Waals surface area (Å²) in [5, 5.41) is 1.08. The van der Waals surface area contributed by atoms with Crippen molar-refractivity contribution in [2.45, 2.75) is 4.90 Å². The molecule has 0 saturated carbocycles. The molecule has 1 saturated heterocycles. The first-order chi connectivity index (χ1) is 12.3. The number of benzene rings is 2. The molecule has 25 heavy (non-hydrogen) atoms. The quantitative estimate of drug-likeness (QED) is 0.732. The van der Waals surface area contributed by atoms with Gasteiger partial charge in [0.15, 0.2) is 11.0 Å². The summed E-state index contributed by atoms with van der Waals surface area (Å²) in [5.41, 5.74) is 4.95. The van der Waals surface area contributed by atoms with Crippen molar-refractivity contribution in [3.05, 3.63) is 48.7 Å². The van der Waals surface area contributed by atoms with Gasteiger partial charge in [0.2, 0.25) is 0 Å². The van der Waals surface area contributed by atoms with E-state index in [1.807, 2.05) is 30.3 Å². The fourth-order valence-electron chi connectivity index (χ4n) is 3.61. The van der Waals surface area contributed by atoms with Crippen LogP contribution < -0.4 is 9.62 Å². The minimum atomic E-state index is -1.27. The number of aromatic nitrogens is 1. The number of anilines is 2. The summed E-state index contributed by atoms with van der Waals surface area (Å²) in [6.45, 7) is 3.20. The highest BCUT2D eigenvalue weighted by molar-refractivity contribution is 7.86. The Bertz CT molecular complexity index is 999. The smallest absolute Gasteiger partial charge is 0.151 e. The molecule has 3 heterocycles. The van der Waals surface area contributed by atoms with Crippen molar-refractivity contribution in [1.29, 1.82) is 0 Å². The van der Waals surface area contributed by atoms with Gasteiger partial charge in [0.25, 0.3) is 0 Å². The van der Waals surface area contributed by atoms with Gasteiger partial charge in [0.05, 0.1) is 29.3 Å². The Labute approximate surface area is 148 Å². The number of morpholine rings is 1. The van der Waals surface area contributed by atoms with Crippen molar-refractivity contribution >= 4 is 33.3 Å². The van der Waals surface area contributed by atoms with Crippen molar-refractivity contribution < 1.29 is 8.95 Å². The molecule has 1 N–H and O–H groups in total. The molecule has 0 bridgehead atoms. The highest BCUT2D eigenvalue weighted by atomic mass is 32.2. The van der Waals surface area contributed by atoms with Gasteiger partial charge in [-0.1, -0.05) is 18.2 Å². The van der Waals surface area contributed by atoms with Gasteiger partial charge in [-0.05, 0) is 24.3 Å². The number of nitrogens with zero attached hydrogens (tertiary/aromatic N) is 2. The summed E-state index contributed by atoms with van der Waals surface area (Å²) in [6, 6.07) is 14.1. The predicted octanol–water partition coefficient (Wildman–Crippen LogP) is 3.19. The van der Waals surface area contributed by atoms with Gasteiger partial charge in [-0.15, -0.1) is 0 Å². The minimum absolute atomic E-state index is 0.734. The van der Waals surface area contributed by atoms with Gasteiger partial charge in [-0.3, -0.25) is 9.71 Å². The topological polar surface area (TPSA) is 54.5 Å². The molecule has 2 aliphatic heterocycles. The summed E-state index contributed by atoms with van der Waals surface area (Å²) in [4.78, 5) is 7.77. The second-order valence-electron chi connectivity index (χ2n) is 6.18. The van der Waals surface area contributed by atoms with Crippen LogP contribution in [0.3, 0.4) is 0 Å². The molecule has 1 aromatic heterocycles. The zero-order valence-electron chi connectivity index (χ0n) is 13.6. The van der Waals surface area contributed by atoms with Crippen molar-refractivity contribution in [1.82, 2.24) is 4.98 Å². The second-order valence-corrected chi connectivity index (χ2v) is 7.37. The number of hydrogen-bond donors (Lipinski definition) is 1. The van der Waals surface area contributed by atoms with Gasteiger partial charge in [0.1, 0.15) is 0 Å². The van der Waals surface area contributed by atoms with Crippen LogP contribution in [-0.2, 0) is 15.7 Å². The van der Waals surface area contributed by atoms with E-state index in [0.29, 0.717) is 0 Å². The van der Waals surface area contributed by atoms with Crippen LogP contribution in [0, 0.1) is 0 Å². The number of hydrogen-bond acceptors (Lipinski definition) is 4. The third-order valence-corrected chi connectivity index (χ3v) is 5.94. The lowest BCUT2D eigenvalue weighted by molar-refractivity contribution is 0.123. The molecule has 126 valence electrons. The van der Waals surface area contributed by atoms with E-state index in [0.717, 1.165) is 64.6 Å². The third kappa shape index (κ3) is 2.33. The average Bonchev–Trinajstić information content (AvgIpc) is 2.69. The van der Waals surface area contributed by atoms with E-state index in [1.54, 1.807) is 6.20 Å². The SMILES string of the molecule is O=S1Nc2c(cc(N3CCOCC3)c3cccnc23)-c2ccccc21. The lowest BCUT2D eigenvalue weighted by Crippen LogP contribution is -2.36. The lowest BCUT2D eigenvalue weighted by atomic mass is 9.98. The van der Waals surface area contributed by atoms with Crippen molar-refractivity contribution in [2.75, 3.05) is 35.9 Å². The zero-order valence-corrected chi connectivity index (χ0v) is 14.4. The first kappa shape index (κ1) is 14.9. The number of ether oxygens (including phenoxy) is 1. The first-order valence-corrected chi connectivity index (χ1v) is 9.50. The number of nitrogens with one attached hydrogen (secondary N) is 1. The fraction of sp³-hybridized carbons (Fsp3) is 0.211. The van der Waals surface area contributed by atoms with Crippen molar-refractivity contribution in [3.8, 4) is 11.1 Å². The second kappa shape index (κ2) is 5.82. The normalized spacial score (nSPS) is 19.2. The third-order valence-electron chi connectivity index (χ3n) is 4.79. The molecular weight excluding hydrogens is 334 g/mol. The number of pyridine rings is 1. The summed E-state index contributed by atoms with van der Waals surface area (Å²) in [7, 11) is -1.27. The number of rotatable bonds is 1. The Balaban J connectivity index is 1.81. The van der Waals surface area contributed by atoms with Crippen LogP contribution in [-0.4, -0.2) is 35.5 Å². The summed E-state index contributed by atoms with van der Waals surface area (Å²) >= 11 is 0. The highest BCUT2D eigenvalue weighted by Gasteiger charge is 2.26. The summed E-state index contributed by atoms with van der Waals surface area (Å²) in [5.74, 6) is 0. The van der Waals surface area contributed by atoms with Gasteiger partial charge in [-0.2, -0.15) is 0 Å². The van der Waals surface area contributed by atoms with Crippen LogP contribution in [0.1, 0.15) is 0 Å². The Kier molecular flexibility index (Phi) is 3.46. The first-order valence-electron chi connectivity index (χ1n) is 8.35. The maximum absolute atomic E-state index is 12.6. The zero-order chi connectivity index (χ0) is 16.8. The van der Waals surface area contributed by atoms with Crippen LogP contribution in [0.25, 0.3) is 22.0 Å². The number of fused-ring (bicyclic) bond motifs is 5. The maximum atomic E-state index is 12.6. The monoisotopic (exact) mass is 351 g/mol. The van der Waals surface area contributed by atoms with Gasteiger partial charge < -0.3 is 9.64 Å². The molecule has 2 aromatic carbocycles. The molecule has 3 aromatic rings. The summed E-state index contributed by atoms with van der Waals surface area (Å²) in [6.07, 6.45) is 1.79. The highest BCUT2D eigenvalue weighted by Crippen LogP contribution is 2.44. The minimum Gasteiger partial charge on any atom is -0.378 e. The fourth-order valence-corrected chi connectivity index (χ4v) is 4.69. The Morgan fingerprint density at radius 3 is 2.80 bits per heavy atom. The molecule has 1 fully saturated rings. The maximum Gasteiger partial charge on any atom is 0.151 e. The Hall–Kier alpha value is -2.44. The molecule has 0 aliphatic carbocycles. The van der Waals surface area contributed by atoms with Gasteiger partial charge in [-0.25, -0.2) is 4.21 Å². The van der Waals surface area contributed by atoms with Crippen molar-refractivity contribution in [3.63, 3.8) is 0 Å².